The van der Waals surface area contributed by atoms with Gasteiger partial charge in [-0.25, -0.2) is 24.0 Å². The average molecular weight is 259 g/mol. The fourth-order valence-electron chi connectivity index (χ4n) is 1.04. The van der Waals surface area contributed by atoms with E-state index in [0.29, 0.717) is 0 Å². The molecule has 1 aromatic heterocycles. The van der Waals surface area contributed by atoms with Gasteiger partial charge in [0.2, 0.25) is 15.9 Å². The van der Waals surface area contributed by atoms with Crippen molar-refractivity contribution in [3.63, 3.8) is 0 Å². The molecule has 1 amide bonds. The standard InChI is InChI=1S/C8H13N5O3S/c1-10-7(14)5-12-17(15,16)6-3-2-4-11-8(6)13-9/h2-4,12H,5,9H2,1H3,(H,10,14)(H,11,13). The van der Waals surface area contributed by atoms with Crippen LogP contribution < -0.4 is 21.3 Å². The Hall–Kier alpha value is -1.71. The van der Waals surface area contributed by atoms with Gasteiger partial charge in [-0.05, 0) is 12.1 Å². The molecule has 1 aromatic rings. The molecular weight excluding hydrogens is 246 g/mol. The minimum Gasteiger partial charge on any atom is -0.358 e. The molecule has 0 aliphatic carbocycles. The highest BCUT2D eigenvalue weighted by Crippen LogP contribution is 2.15. The van der Waals surface area contributed by atoms with Crippen LogP contribution >= 0.6 is 0 Å². The van der Waals surface area contributed by atoms with Crippen LogP contribution in [0.4, 0.5) is 5.82 Å². The second-order valence-electron chi connectivity index (χ2n) is 2.99. The van der Waals surface area contributed by atoms with Crippen molar-refractivity contribution in [2.45, 2.75) is 4.90 Å². The van der Waals surface area contributed by atoms with Crippen molar-refractivity contribution in [1.29, 1.82) is 0 Å². The molecule has 0 spiro atoms. The van der Waals surface area contributed by atoms with Crippen molar-refractivity contribution in [2.24, 2.45) is 5.84 Å². The molecule has 0 aliphatic heterocycles. The summed E-state index contributed by atoms with van der Waals surface area (Å²) in [6.45, 7) is -0.349. The SMILES string of the molecule is CNC(=O)CNS(=O)(=O)c1cccnc1NN. The second-order valence-corrected chi connectivity index (χ2v) is 4.73. The van der Waals surface area contributed by atoms with Crippen LogP contribution in [-0.2, 0) is 14.8 Å². The van der Waals surface area contributed by atoms with Crippen molar-refractivity contribution in [3.05, 3.63) is 18.3 Å². The molecule has 17 heavy (non-hydrogen) atoms. The molecule has 1 rings (SSSR count). The number of aromatic nitrogens is 1. The summed E-state index contributed by atoms with van der Waals surface area (Å²) in [4.78, 5) is 14.6. The van der Waals surface area contributed by atoms with Crippen LogP contribution in [0.25, 0.3) is 0 Å². The Morgan fingerprint density at radius 2 is 2.24 bits per heavy atom. The van der Waals surface area contributed by atoms with Gasteiger partial charge in [-0.1, -0.05) is 0 Å². The number of nitrogen functional groups attached to an aromatic ring is 1. The largest absolute Gasteiger partial charge is 0.358 e. The predicted octanol–water partition coefficient (Wildman–Crippen LogP) is -1.61. The van der Waals surface area contributed by atoms with Crippen LogP contribution in [0, 0.1) is 0 Å². The zero-order chi connectivity index (χ0) is 12.9. The number of hydrazine groups is 1. The molecule has 0 fully saturated rings. The van der Waals surface area contributed by atoms with Crippen molar-refractivity contribution in [3.8, 4) is 0 Å². The van der Waals surface area contributed by atoms with Gasteiger partial charge in [-0.2, -0.15) is 0 Å². The van der Waals surface area contributed by atoms with Gasteiger partial charge in [-0.3, -0.25) is 4.79 Å². The molecule has 0 aliphatic rings. The van der Waals surface area contributed by atoms with E-state index >= 15 is 0 Å². The first-order valence-corrected chi connectivity index (χ1v) is 6.11. The van der Waals surface area contributed by atoms with E-state index in [1.807, 2.05) is 0 Å². The van der Waals surface area contributed by atoms with E-state index in [-0.39, 0.29) is 17.3 Å². The van der Waals surface area contributed by atoms with Gasteiger partial charge in [0.25, 0.3) is 0 Å². The lowest BCUT2D eigenvalue weighted by Gasteiger charge is -2.09. The maximum atomic E-state index is 11.8. The Bertz CT molecular complexity index is 502. The number of rotatable bonds is 5. The molecular formula is C8H13N5O3S. The highest BCUT2D eigenvalue weighted by atomic mass is 32.2. The number of amides is 1. The number of likely N-dealkylation sites (N-methyl/N-ethyl adjacent to an activating group) is 1. The number of hydrogen-bond acceptors (Lipinski definition) is 6. The fourth-order valence-corrected chi connectivity index (χ4v) is 2.14. The minimum atomic E-state index is -3.82. The van der Waals surface area contributed by atoms with Crippen molar-refractivity contribution in [2.75, 3.05) is 19.0 Å². The molecule has 5 N–H and O–H groups in total. The van der Waals surface area contributed by atoms with Crippen LogP contribution in [0.15, 0.2) is 23.2 Å². The first-order chi connectivity index (χ1) is 8.01. The normalized spacial score (nSPS) is 10.9. The third kappa shape index (κ3) is 3.37. The number of hydrogen-bond donors (Lipinski definition) is 4. The molecule has 0 atom stereocenters. The lowest BCUT2D eigenvalue weighted by molar-refractivity contribution is -0.119. The van der Waals surface area contributed by atoms with E-state index in [0.717, 1.165) is 0 Å². The summed E-state index contributed by atoms with van der Waals surface area (Å²) in [7, 11) is -2.41. The third-order valence-electron chi connectivity index (χ3n) is 1.90. The number of sulfonamides is 1. The lowest BCUT2D eigenvalue weighted by atomic mass is 10.5. The predicted molar refractivity (Wildman–Crippen MR) is 61.3 cm³/mol. The number of carbonyl (C=O) groups is 1. The maximum Gasteiger partial charge on any atom is 0.244 e. The molecule has 1 heterocycles. The summed E-state index contributed by atoms with van der Waals surface area (Å²) in [6, 6.07) is 2.78. The Balaban J connectivity index is 2.93. The smallest absolute Gasteiger partial charge is 0.244 e. The molecule has 0 aromatic carbocycles. The molecule has 0 unspecified atom stereocenters. The van der Waals surface area contributed by atoms with Crippen LogP contribution in [-0.4, -0.2) is 32.9 Å². The van der Waals surface area contributed by atoms with E-state index in [9.17, 15) is 13.2 Å². The van der Waals surface area contributed by atoms with Gasteiger partial charge in [0, 0.05) is 13.2 Å². The van der Waals surface area contributed by atoms with Gasteiger partial charge in [-0.15, -0.1) is 0 Å². The van der Waals surface area contributed by atoms with E-state index in [1.54, 1.807) is 0 Å². The van der Waals surface area contributed by atoms with Crippen molar-refractivity contribution >= 4 is 21.7 Å². The van der Waals surface area contributed by atoms with Gasteiger partial charge in [0.05, 0.1) is 6.54 Å². The number of nitrogens with one attached hydrogen (secondary N) is 3. The van der Waals surface area contributed by atoms with Gasteiger partial charge in [0.1, 0.15) is 4.90 Å². The number of anilines is 1. The van der Waals surface area contributed by atoms with E-state index < -0.39 is 15.9 Å². The summed E-state index contributed by atoms with van der Waals surface area (Å²) in [5.41, 5.74) is 2.17. The first kappa shape index (κ1) is 13.4. The third-order valence-corrected chi connectivity index (χ3v) is 3.33. The number of carbonyl (C=O) groups excluding carboxylic acids is 1. The number of pyridine rings is 1. The monoisotopic (exact) mass is 259 g/mol. The summed E-state index contributed by atoms with van der Waals surface area (Å²) >= 11 is 0. The Morgan fingerprint density at radius 1 is 1.53 bits per heavy atom. The minimum absolute atomic E-state index is 0.0110. The lowest BCUT2D eigenvalue weighted by Crippen LogP contribution is -2.35. The molecule has 94 valence electrons. The average Bonchev–Trinajstić information content (AvgIpc) is 2.35. The summed E-state index contributed by atoms with van der Waals surface area (Å²) in [5.74, 6) is 4.71. The van der Waals surface area contributed by atoms with Gasteiger partial charge < -0.3 is 10.7 Å². The molecule has 8 nitrogen and oxygen atoms in total. The second kappa shape index (κ2) is 5.57. The summed E-state index contributed by atoms with van der Waals surface area (Å²) in [6.07, 6.45) is 1.40. The molecule has 9 heteroatoms. The zero-order valence-electron chi connectivity index (χ0n) is 9.10. The summed E-state index contributed by atoms with van der Waals surface area (Å²) < 4.78 is 25.7. The maximum absolute atomic E-state index is 11.8. The van der Waals surface area contributed by atoms with Gasteiger partial charge >= 0.3 is 0 Å². The topological polar surface area (TPSA) is 126 Å². The Kier molecular flexibility index (Phi) is 4.37. The molecule has 0 radical (unpaired) electrons. The Labute approximate surface area is 98.6 Å². The van der Waals surface area contributed by atoms with Crippen molar-refractivity contribution < 1.29 is 13.2 Å². The Morgan fingerprint density at radius 3 is 2.82 bits per heavy atom. The van der Waals surface area contributed by atoms with Crippen LogP contribution in [0.5, 0.6) is 0 Å². The summed E-state index contributed by atoms with van der Waals surface area (Å²) in [5, 5.41) is 2.30. The first-order valence-electron chi connectivity index (χ1n) is 4.63. The molecule has 0 saturated carbocycles. The van der Waals surface area contributed by atoms with Crippen molar-refractivity contribution in [1.82, 2.24) is 15.0 Å². The van der Waals surface area contributed by atoms with E-state index in [1.165, 1.54) is 25.4 Å². The van der Waals surface area contributed by atoms with Crippen LogP contribution in [0.2, 0.25) is 0 Å². The quantitative estimate of drug-likeness (QED) is 0.372. The van der Waals surface area contributed by atoms with E-state index in [2.05, 4.69) is 20.4 Å². The molecule has 0 bridgehead atoms. The number of nitrogens with two attached hydrogens (primary N) is 1. The van der Waals surface area contributed by atoms with Crippen LogP contribution in [0.3, 0.4) is 0 Å². The molecule has 0 saturated heterocycles. The zero-order valence-corrected chi connectivity index (χ0v) is 9.91. The van der Waals surface area contributed by atoms with Gasteiger partial charge in [0.15, 0.2) is 5.82 Å². The van der Waals surface area contributed by atoms with Crippen LogP contribution in [0.1, 0.15) is 0 Å². The fraction of sp³-hybridized carbons (Fsp3) is 0.250. The highest BCUT2D eigenvalue weighted by Gasteiger charge is 2.19. The highest BCUT2D eigenvalue weighted by molar-refractivity contribution is 7.89. The van der Waals surface area contributed by atoms with E-state index in [4.69, 9.17) is 5.84 Å². The number of nitrogens with zero attached hydrogens (tertiary/aromatic N) is 1.